The van der Waals surface area contributed by atoms with E-state index in [1.54, 1.807) is 0 Å². The maximum Gasteiger partial charge on any atom is 0.0764 e. The Kier molecular flexibility index (Phi) is 2.71. The van der Waals surface area contributed by atoms with Crippen LogP contribution in [0.3, 0.4) is 0 Å². The molecule has 92 valence electrons. The van der Waals surface area contributed by atoms with E-state index in [0.29, 0.717) is 6.04 Å². The first-order valence-electron chi connectivity index (χ1n) is 5.98. The number of hydrogen-bond acceptors (Lipinski definition) is 3. The smallest absolute Gasteiger partial charge is 0.0764 e. The zero-order valence-corrected chi connectivity index (χ0v) is 11.4. The average molecular weight is 256 g/mol. The molecule has 1 aliphatic heterocycles. The van der Waals surface area contributed by atoms with Crippen molar-refractivity contribution >= 4 is 23.1 Å². The second-order valence-corrected chi connectivity index (χ2v) is 5.90. The predicted molar refractivity (Wildman–Crippen MR) is 80.4 cm³/mol. The number of rotatable bonds is 1. The summed E-state index contributed by atoms with van der Waals surface area (Å²) >= 11 is 1.84. The molecule has 3 heteroatoms. The molecular formula is C15H16N2S. The van der Waals surface area contributed by atoms with Gasteiger partial charge in [-0.05, 0) is 29.8 Å². The molecule has 3 rings (SSSR count). The van der Waals surface area contributed by atoms with Crippen LogP contribution < -0.4 is 10.2 Å². The Labute approximate surface area is 112 Å². The highest BCUT2D eigenvalue weighted by atomic mass is 32.2. The Hall–Kier alpha value is -1.61. The largest absolute Gasteiger partial charge is 0.378 e. The van der Waals surface area contributed by atoms with E-state index in [2.05, 4.69) is 67.3 Å². The maximum absolute atomic E-state index is 3.99. The first-order valence-corrected chi connectivity index (χ1v) is 6.79. The molecule has 0 amide bonds. The van der Waals surface area contributed by atoms with Crippen molar-refractivity contribution in [3.05, 3.63) is 53.5 Å². The number of allylic oxidation sites excluding steroid dienone is 3. The standard InChI is InChI=1S/C15H16N2S/c1-10-4-6-12-14(8-10)18-15-9-11(17(2)3)5-7-13(15)16-12/h4-9,12,16H,1H2,2-3H3. The van der Waals surface area contributed by atoms with Crippen molar-refractivity contribution in [3.63, 3.8) is 0 Å². The van der Waals surface area contributed by atoms with Gasteiger partial charge in [-0.3, -0.25) is 0 Å². The van der Waals surface area contributed by atoms with Crippen molar-refractivity contribution in [3.8, 4) is 0 Å². The Morgan fingerprint density at radius 2 is 2.17 bits per heavy atom. The molecule has 0 saturated heterocycles. The number of anilines is 2. The molecule has 0 spiro atoms. The summed E-state index contributed by atoms with van der Waals surface area (Å²) in [5.74, 6) is 0. The van der Waals surface area contributed by atoms with E-state index in [0.717, 1.165) is 5.57 Å². The van der Waals surface area contributed by atoms with Gasteiger partial charge in [-0.15, -0.1) is 0 Å². The van der Waals surface area contributed by atoms with Gasteiger partial charge in [0.05, 0.1) is 6.04 Å². The van der Waals surface area contributed by atoms with E-state index >= 15 is 0 Å². The van der Waals surface area contributed by atoms with Gasteiger partial charge in [0, 0.05) is 35.3 Å². The SMILES string of the molecule is C=C1C=CC2Nc3ccc(N(C)C)cc3SC2=C1. The van der Waals surface area contributed by atoms with Crippen LogP contribution in [0.1, 0.15) is 0 Å². The summed E-state index contributed by atoms with van der Waals surface area (Å²) in [6, 6.07) is 6.84. The molecule has 2 aliphatic rings. The van der Waals surface area contributed by atoms with Crippen molar-refractivity contribution < 1.29 is 0 Å². The highest BCUT2D eigenvalue weighted by molar-refractivity contribution is 8.03. The molecule has 1 atom stereocenters. The van der Waals surface area contributed by atoms with E-state index in [9.17, 15) is 0 Å². The molecular weight excluding hydrogens is 240 g/mol. The molecule has 0 fully saturated rings. The summed E-state index contributed by atoms with van der Waals surface area (Å²) in [7, 11) is 4.13. The topological polar surface area (TPSA) is 15.3 Å². The van der Waals surface area contributed by atoms with E-state index in [4.69, 9.17) is 0 Å². The van der Waals surface area contributed by atoms with Crippen LogP contribution in [-0.2, 0) is 0 Å². The van der Waals surface area contributed by atoms with Gasteiger partial charge in [0.25, 0.3) is 0 Å². The summed E-state index contributed by atoms with van der Waals surface area (Å²) in [6.07, 6.45) is 6.40. The van der Waals surface area contributed by atoms with Crippen LogP contribution in [0.25, 0.3) is 0 Å². The molecule has 1 heterocycles. The van der Waals surface area contributed by atoms with Gasteiger partial charge in [0.2, 0.25) is 0 Å². The van der Waals surface area contributed by atoms with Crippen LogP contribution in [-0.4, -0.2) is 20.1 Å². The fraction of sp³-hybridized carbons (Fsp3) is 0.200. The first-order chi connectivity index (χ1) is 8.63. The summed E-state index contributed by atoms with van der Waals surface area (Å²) in [5, 5.41) is 3.55. The second kappa shape index (κ2) is 4.25. The fourth-order valence-electron chi connectivity index (χ4n) is 2.13. The van der Waals surface area contributed by atoms with E-state index in [1.165, 1.54) is 21.2 Å². The van der Waals surface area contributed by atoms with Crippen molar-refractivity contribution in [1.82, 2.24) is 0 Å². The minimum Gasteiger partial charge on any atom is -0.378 e. The number of fused-ring (bicyclic) bond motifs is 2. The second-order valence-electron chi connectivity index (χ2n) is 4.78. The summed E-state index contributed by atoms with van der Waals surface area (Å²) in [6.45, 7) is 3.99. The van der Waals surface area contributed by atoms with Crippen LogP contribution in [0.5, 0.6) is 0 Å². The quantitative estimate of drug-likeness (QED) is 0.825. The third-order valence-corrected chi connectivity index (χ3v) is 4.32. The summed E-state index contributed by atoms with van der Waals surface area (Å²) in [5.41, 5.74) is 3.51. The van der Waals surface area contributed by atoms with E-state index < -0.39 is 0 Å². The van der Waals surface area contributed by atoms with Crippen LogP contribution in [0.2, 0.25) is 0 Å². The fourth-order valence-corrected chi connectivity index (χ4v) is 3.28. The molecule has 0 aromatic heterocycles. The van der Waals surface area contributed by atoms with Gasteiger partial charge < -0.3 is 10.2 Å². The third-order valence-electron chi connectivity index (χ3n) is 3.16. The molecule has 0 bridgehead atoms. The lowest BCUT2D eigenvalue weighted by Crippen LogP contribution is -2.23. The molecule has 1 aliphatic carbocycles. The molecule has 0 radical (unpaired) electrons. The van der Waals surface area contributed by atoms with Crippen LogP contribution in [0.4, 0.5) is 11.4 Å². The molecule has 0 saturated carbocycles. The van der Waals surface area contributed by atoms with Crippen molar-refractivity contribution in [2.75, 3.05) is 24.3 Å². The van der Waals surface area contributed by atoms with Gasteiger partial charge in [-0.2, -0.15) is 0 Å². The Morgan fingerprint density at radius 3 is 2.94 bits per heavy atom. The van der Waals surface area contributed by atoms with Crippen LogP contribution >= 0.6 is 11.8 Å². The number of nitrogens with zero attached hydrogens (tertiary/aromatic N) is 1. The van der Waals surface area contributed by atoms with Crippen molar-refractivity contribution in [2.24, 2.45) is 0 Å². The van der Waals surface area contributed by atoms with Gasteiger partial charge in [-0.25, -0.2) is 0 Å². The van der Waals surface area contributed by atoms with Crippen molar-refractivity contribution in [2.45, 2.75) is 10.9 Å². The Morgan fingerprint density at radius 1 is 1.33 bits per heavy atom. The molecule has 1 aromatic carbocycles. The lowest BCUT2D eigenvalue weighted by atomic mass is 10.1. The van der Waals surface area contributed by atoms with Gasteiger partial charge in [-0.1, -0.05) is 30.5 Å². The zero-order chi connectivity index (χ0) is 12.7. The van der Waals surface area contributed by atoms with Crippen LogP contribution in [0.15, 0.2) is 58.4 Å². The molecule has 2 nitrogen and oxygen atoms in total. The number of benzene rings is 1. The van der Waals surface area contributed by atoms with E-state index in [1.807, 2.05) is 11.8 Å². The first kappa shape index (κ1) is 11.5. The third kappa shape index (κ3) is 1.95. The molecule has 1 unspecified atom stereocenters. The lowest BCUT2D eigenvalue weighted by molar-refractivity contribution is 1.04. The minimum absolute atomic E-state index is 0.304. The van der Waals surface area contributed by atoms with E-state index in [-0.39, 0.29) is 0 Å². The lowest BCUT2D eigenvalue weighted by Gasteiger charge is -2.30. The maximum atomic E-state index is 3.99. The van der Waals surface area contributed by atoms with Gasteiger partial charge >= 0.3 is 0 Å². The highest BCUT2D eigenvalue weighted by Gasteiger charge is 2.23. The zero-order valence-electron chi connectivity index (χ0n) is 10.6. The van der Waals surface area contributed by atoms with Crippen LogP contribution in [0, 0.1) is 0 Å². The number of hydrogen-bond donors (Lipinski definition) is 1. The normalized spacial score (nSPS) is 20.7. The van der Waals surface area contributed by atoms with Crippen molar-refractivity contribution in [1.29, 1.82) is 0 Å². The Bertz CT molecular complexity index is 570. The number of nitrogens with one attached hydrogen (secondary N) is 1. The van der Waals surface area contributed by atoms with Gasteiger partial charge in [0.1, 0.15) is 0 Å². The summed E-state index contributed by atoms with van der Waals surface area (Å²) < 4.78 is 0. The monoisotopic (exact) mass is 256 g/mol. The average Bonchev–Trinajstić information content (AvgIpc) is 2.35. The summed E-state index contributed by atoms with van der Waals surface area (Å²) in [4.78, 5) is 4.73. The molecule has 18 heavy (non-hydrogen) atoms. The Balaban J connectivity index is 1.99. The minimum atomic E-state index is 0.304. The van der Waals surface area contributed by atoms with Gasteiger partial charge in [0.15, 0.2) is 0 Å². The molecule has 1 aromatic rings. The number of thioether (sulfide) groups is 1. The highest BCUT2D eigenvalue weighted by Crippen LogP contribution is 2.43. The molecule has 1 N–H and O–H groups in total. The predicted octanol–water partition coefficient (Wildman–Crippen LogP) is 3.65.